The molecule has 6 heteroatoms. The van der Waals surface area contributed by atoms with E-state index < -0.39 is 5.97 Å². The summed E-state index contributed by atoms with van der Waals surface area (Å²) in [7, 11) is 1.32. The van der Waals surface area contributed by atoms with Crippen LogP contribution in [0.2, 0.25) is 0 Å². The fraction of sp³-hybridized carbons (Fsp3) is 0.462. The molecule has 1 fully saturated rings. The van der Waals surface area contributed by atoms with E-state index in [4.69, 9.17) is 15.2 Å². The highest BCUT2D eigenvalue weighted by Gasteiger charge is 2.17. The maximum atomic E-state index is 10.9. The topological polar surface area (TPSA) is 82.8 Å². The van der Waals surface area contributed by atoms with Crippen molar-refractivity contribution in [2.45, 2.75) is 12.5 Å². The fourth-order valence-corrected chi connectivity index (χ4v) is 1.66. The van der Waals surface area contributed by atoms with Gasteiger partial charge in [0.1, 0.15) is 5.75 Å². The molecular formula is C13H18N2O4. The summed E-state index contributed by atoms with van der Waals surface area (Å²) in [6, 6.07) is 5.25. The number of hydrogen-bond acceptors (Lipinski definition) is 6. The van der Waals surface area contributed by atoms with Crippen molar-refractivity contribution in [3.63, 3.8) is 0 Å². The molecule has 1 heterocycles. The van der Waals surface area contributed by atoms with Crippen molar-refractivity contribution in [3.05, 3.63) is 18.2 Å². The molecule has 19 heavy (non-hydrogen) atoms. The third-order valence-corrected chi connectivity index (χ3v) is 2.92. The molecule has 6 nitrogen and oxygen atoms in total. The number of benzene rings is 1. The average molecular weight is 266 g/mol. The second-order valence-electron chi connectivity index (χ2n) is 4.28. The number of anilines is 2. The summed E-state index contributed by atoms with van der Waals surface area (Å²) >= 11 is 0. The third-order valence-electron chi connectivity index (χ3n) is 2.92. The quantitative estimate of drug-likeness (QED) is 0.591. The predicted molar refractivity (Wildman–Crippen MR) is 71.2 cm³/mol. The number of carbonyl (C=O) groups is 1. The molecule has 0 aliphatic carbocycles. The van der Waals surface area contributed by atoms with Gasteiger partial charge in [0.15, 0.2) is 6.61 Å². The Morgan fingerprint density at radius 3 is 2.95 bits per heavy atom. The van der Waals surface area contributed by atoms with E-state index in [2.05, 4.69) is 10.1 Å². The van der Waals surface area contributed by atoms with Crippen LogP contribution in [0.1, 0.15) is 6.42 Å². The number of esters is 1. The zero-order valence-electron chi connectivity index (χ0n) is 10.8. The normalized spacial score (nSPS) is 17.4. The monoisotopic (exact) mass is 266 g/mol. The van der Waals surface area contributed by atoms with Crippen LogP contribution in [0.5, 0.6) is 5.75 Å². The van der Waals surface area contributed by atoms with Gasteiger partial charge in [0.2, 0.25) is 0 Å². The SMILES string of the molecule is COC(=O)COc1ccc(NC[C@@H]2CCO2)c(N)c1. The van der Waals surface area contributed by atoms with Crippen LogP contribution in [0.4, 0.5) is 11.4 Å². The van der Waals surface area contributed by atoms with Crippen LogP contribution in [0.3, 0.4) is 0 Å². The lowest BCUT2D eigenvalue weighted by molar-refractivity contribution is -0.142. The highest BCUT2D eigenvalue weighted by atomic mass is 16.6. The van der Waals surface area contributed by atoms with Gasteiger partial charge in [-0.15, -0.1) is 0 Å². The maximum absolute atomic E-state index is 10.9. The lowest BCUT2D eigenvalue weighted by Crippen LogP contribution is -2.33. The fourth-order valence-electron chi connectivity index (χ4n) is 1.66. The van der Waals surface area contributed by atoms with E-state index in [-0.39, 0.29) is 12.7 Å². The van der Waals surface area contributed by atoms with E-state index in [1.165, 1.54) is 7.11 Å². The van der Waals surface area contributed by atoms with E-state index in [9.17, 15) is 4.79 Å². The summed E-state index contributed by atoms with van der Waals surface area (Å²) < 4.78 is 15.0. The number of rotatable bonds is 6. The molecule has 1 aromatic carbocycles. The molecule has 104 valence electrons. The molecule has 0 aromatic heterocycles. The van der Waals surface area contributed by atoms with Crippen LogP contribution in [0.25, 0.3) is 0 Å². The van der Waals surface area contributed by atoms with Gasteiger partial charge in [0.25, 0.3) is 0 Å². The van der Waals surface area contributed by atoms with Gasteiger partial charge in [-0.25, -0.2) is 4.79 Å². The van der Waals surface area contributed by atoms with E-state index in [0.717, 1.165) is 25.3 Å². The first-order valence-corrected chi connectivity index (χ1v) is 6.13. The Bertz CT molecular complexity index is 446. The van der Waals surface area contributed by atoms with E-state index in [1.807, 2.05) is 6.07 Å². The Hall–Kier alpha value is -1.95. The smallest absolute Gasteiger partial charge is 0.343 e. The van der Waals surface area contributed by atoms with Crippen molar-refractivity contribution >= 4 is 17.3 Å². The van der Waals surface area contributed by atoms with Crippen LogP contribution in [-0.2, 0) is 14.3 Å². The molecule has 1 atom stereocenters. The van der Waals surface area contributed by atoms with E-state index in [1.54, 1.807) is 12.1 Å². The van der Waals surface area contributed by atoms with Gasteiger partial charge in [-0.2, -0.15) is 0 Å². The van der Waals surface area contributed by atoms with Crippen molar-refractivity contribution in [1.82, 2.24) is 0 Å². The van der Waals surface area contributed by atoms with Crippen LogP contribution in [0, 0.1) is 0 Å². The van der Waals surface area contributed by atoms with Gasteiger partial charge in [-0.1, -0.05) is 0 Å². The highest BCUT2D eigenvalue weighted by Crippen LogP contribution is 2.25. The summed E-state index contributed by atoms with van der Waals surface area (Å²) in [6.45, 7) is 1.45. The minimum Gasteiger partial charge on any atom is -0.482 e. The first kappa shape index (κ1) is 13.5. The minimum absolute atomic E-state index is 0.126. The largest absolute Gasteiger partial charge is 0.482 e. The molecule has 0 saturated carbocycles. The molecule has 0 spiro atoms. The number of hydrogen-bond donors (Lipinski definition) is 2. The van der Waals surface area contributed by atoms with Gasteiger partial charge < -0.3 is 25.3 Å². The summed E-state index contributed by atoms with van der Waals surface area (Å²) in [5.74, 6) is 0.108. The Labute approximate surface area is 111 Å². The van der Waals surface area contributed by atoms with Crippen LogP contribution < -0.4 is 15.8 Å². The number of methoxy groups -OCH3 is 1. The van der Waals surface area contributed by atoms with E-state index in [0.29, 0.717) is 11.4 Å². The molecule has 1 saturated heterocycles. The van der Waals surface area contributed by atoms with E-state index >= 15 is 0 Å². The summed E-state index contributed by atoms with van der Waals surface area (Å²) in [5.41, 5.74) is 7.31. The standard InChI is InChI=1S/C13H18N2O4/c1-17-13(16)8-19-9-2-3-12(11(14)6-9)15-7-10-4-5-18-10/h2-3,6,10,15H,4-5,7-8,14H2,1H3/t10-/m0/s1. The Morgan fingerprint density at radius 1 is 1.58 bits per heavy atom. The molecule has 0 unspecified atom stereocenters. The number of nitrogen functional groups attached to an aromatic ring is 1. The van der Waals surface area contributed by atoms with Crippen LogP contribution in [0.15, 0.2) is 18.2 Å². The van der Waals surface area contributed by atoms with Gasteiger partial charge in [0, 0.05) is 19.2 Å². The Kier molecular flexibility index (Phi) is 4.46. The van der Waals surface area contributed by atoms with Gasteiger partial charge in [0.05, 0.1) is 24.6 Å². The number of carbonyl (C=O) groups excluding carboxylic acids is 1. The number of nitrogens with two attached hydrogens (primary N) is 1. The van der Waals surface area contributed by atoms with Gasteiger partial charge >= 0.3 is 5.97 Å². The molecule has 1 aliphatic rings. The molecular weight excluding hydrogens is 248 g/mol. The van der Waals surface area contributed by atoms with Crippen molar-refractivity contribution in [3.8, 4) is 5.75 Å². The molecule has 3 N–H and O–H groups in total. The Balaban J connectivity index is 1.86. The lowest BCUT2D eigenvalue weighted by Gasteiger charge is -2.27. The average Bonchev–Trinajstić information content (AvgIpc) is 2.36. The molecule has 2 rings (SSSR count). The van der Waals surface area contributed by atoms with Gasteiger partial charge in [-0.05, 0) is 18.6 Å². The van der Waals surface area contributed by atoms with Crippen LogP contribution in [-0.4, -0.2) is 38.9 Å². The first-order valence-electron chi connectivity index (χ1n) is 6.13. The molecule has 0 bridgehead atoms. The highest BCUT2D eigenvalue weighted by molar-refractivity contribution is 5.71. The zero-order valence-corrected chi connectivity index (χ0v) is 10.8. The first-order chi connectivity index (χ1) is 9.19. The Morgan fingerprint density at radius 2 is 2.37 bits per heavy atom. The summed E-state index contributed by atoms with van der Waals surface area (Å²) in [4.78, 5) is 10.9. The van der Waals surface area contributed by atoms with Crippen molar-refractivity contribution in [2.75, 3.05) is 37.9 Å². The summed E-state index contributed by atoms with van der Waals surface area (Å²) in [5, 5.41) is 3.22. The predicted octanol–water partition coefficient (Wildman–Crippen LogP) is 1.02. The second kappa shape index (κ2) is 6.29. The van der Waals surface area contributed by atoms with Crippen molar-refractivity contribution < 1.29 is 19.0 Å². The lowest BCUT2D eigenvalue weighted by atomic mass is 10.2. The van der Waals surface area contributed by atoms with Crippen LogP contribution >= 0.6 is 0 Å². The third kappa shape index (κ3) is 3.75. The van der Waals surface area contributed by atoms with Crippen molar-refractivity contribution in [2.24, 2.45) is 0 Å². The molecule has 0 amide bonds. The molecule has 1 aliphatic heterocycles. The molecule has 1 aromatic rings. The van der Waals surface area contributed by atoms with Gasteiger partial charge in [-0.3, -0.25) is 0 Å². The zero-order chi connectivity index (χ0) is 13.7. The number of nitrogens with one attached hydrogen (secondary N) is 1. The minimum atomic E-state index is -0.428. The summed E-state index contributed by atoms with van der Waals surface area (Å²) in [6.07, 6.45) is 1.35. The maximum Gasteiger partial charge on any atom is 0.343 e. The second-order valence-corrected chi connectivity index (χ2v) is 4.28. The number of ether oxygens (including phenoxy) is 3. The van der Waals surface area contributed by atoms with Crippen molar-refractivity contribution in [1.29, 1.82) is 0 Å². The molecule has 0 radical (unpaired) electrons.